The Labute approximate surface area is 103 Å². The van der Waals surface area contributed by atoms with Gasteiger partial charge in [-0.25, -0.2) is 4.98 Å². The predicted octanol–water partition coefficient (Wildman–Crippen LogP) is 3.45. The monoisotopic (exact) mass is 238 g/mol. The fraction of sp³-hybridized carbons (Fsp3) is 0.615. The molecule has 0 amide bonds. The smallest absolute Gasteiger partial charge is 0.128 e. The molecule has 0 aromatic carbocycles. The van der Waals surface area contributed by atoms with Gasteiger partial charge in [0.25, 0.3) is 0 Å². The van der Waals surface area contributed by atoms with Gasteiger partial charge in [-0.1, -0.05) is 19.4 Å². The van der Waals surface area contributed by atoms with Gasteiger partial charge in [0, 0.05) is 13.1 Å². The molecule has 88 valence electrons. The Morgan fingerprint density at radius 2 is 2.38 bits per heavy atom. The Kier molecular flexibility index (Phi) is 4.05. The topological polar surface area (TPSA) is 16.1 Å². The average Bonchev–Trinajstić information content (AvgIpc) is 2.39. The minimum atomic E-state index is 0.499. The summed E-state index contributed by atoms with van der Waals surface area (Å²) in [4.78, 5) is 6.97. The zero-order valence-corrected chi connectivity index (χ0v) is 10.6. The second kappa shape index (κ2) is 5.53. The van der Waals surface area contributed by atoms with Crippen LogP contribution in [0.15, 0.2) is 18.2 Å². The van der Waals surface area contributed by atoms with Crippen molar-refractivity contribution >= 4 is 17.4 Å². The van der Waals surface area contributed by atoms with Crippen LogP contribution in [-0.2, 0) is 5.88 Å². The van der Waals surface area contributed by atoms with E-state index in [1.165, 1.54) is 19.3 Å². The van der Waals surface area contributed by atoms with E-state index in [4.69, 9.17) is 11.6 Å². The van der Waals surface area contributed by atoms with E-state index in [0.717, 1.165) is 30.5 Å². The lowest BCUT2D eigenvalue weighted by Gasteiger charge is -2.33. The zero-order valence-electron chi connectivity index (χ0n) is 9.82. The first-order chi connectivity index (χ1) is 7.83. The molecular weight excluding hydrogens is 220 g/mol. The van der Waals surface area contributed by atoms with Crippen LogP contribution in [0.25, 0.3) is 0 Å². The first-order valence-electron chi connectivity index (χ1n) is 6.10. The lowest BCUT2D eigenvalue weighted by Crippen LogP contribution is -2.35. The lowest BCUT2D eigenvalue weighted by molar-refractivity contribution is 0.403. The van der Waals surface area contributed by atoms with Crippen molar-refractivity contribution in [2.24, 2.45) is 5.92 Å². The molecule has 1 atom stereocenters. The Bertz CT molecular complexity index is 340. The second-order valence-electron chi connectivity index (χ2n) is 4.48. The van der Waals surface area contributed by atoms with E-state index in [1.54, 1.807) is 0 Å². The van der Waals surface area contributed by atoms with Gasteiger partial charge in [0.15, 0.2) is 0 Å². The molecule has 2 rings (SSSR count). The van der Waals surface area contributed by atoms with Gasteiger partial charge in [-0.15, -0.1) is 11.6 Å². The molecule has 0 radical (unpaired) electrons. The van der Waals surface area contributed by atoms with Gasteiger partial charge in [0.1, 0.15) is 5.82 Å². The largest absolute Gasteiger partial charge is 0.356 e. The summed E-state index contributed by atoms with van der Waals surface area (Å²) in [5.41, 5.74) is 0.970. The number of alkyl halides is 1. The van der Waals surface area contributed by atoms with Gasteiger partial charge >= 0.3 is 0 Å². The number of nitrogens with zero attached hydrogens (tertiary/aromatic N) is 2. The molecule has 1 aromatic heterocycles. The number of pyridine rings is 1. The van der Waals surface area contributed by atoms with E-state index in [0.29, 0.717) is 5.88 Å². The molecule has 0 N–H and O–H groups in total. The van der Waals surface area contributed by atoms with Crippen molar-refractivity contribution in [3.05, 3.63) is 23.9 Å². The van der Waals surface area contributed by atoms with Crippen molar-refractivity contribution in [2.45, 2.75) is 32.1 Å². The van der Waals surface area contributed by atoms with E-state index in [-0.39, 0.29) is 0 Å². The van der Waals surface area contributed by atoms with Gasteiger partial charge < -0.3 is 4.90 Å². The van der Waals surface area contributed by atoms with E-state index in [9.17, 15) is 0 Å². The third-order valence-corrected chi connectivity index (χ3v) is 3.62. The molecule has 1 saturated heterocycles. The summed E-state index contributed by atoms with van der Waals surface area (Å²) in [6, 6.07) is 6.13. The summed E-state index contributed by atoms with van der Waals surface area (Å²) in [5.74, 6) is 2.42. The number of aromatic nitrogens is 1. The summed E-state index contributed by atoms with van der Waals surface area (Å²) in [7, 11) is 0. The van der Waals surface area contributed by atoms with Crippen LogP contribution in [0, 0.1) is 5.92 Å². The highest BCUT2D eigenvalue weighted by molar-refractivity contribution is 6.16. The van der Waals surface area contributed by atoms with Crippen LogP contribution in [0.3, 0.4) is 0 Å². The first-order valence-corrected chi connectivity index (χ1v) is 6.63. The van der Waals surface area contributed by atoms with E-state index in [1.807, 2.05) is 6.07 Å². The summed E-state index contributed by atoms with van der Waals surface area (Å²) in [6.45, 7) is 4.56. The molecule has 1 unspecified atom stereocenters. The fourth-order valence-electron chi connectivity index (χ4n) is 2.32. The zero-order chi connectivity index (χ0) is 11.4. The Morgan fingerprint density at radius 1 is 1.50 bits per heavy atom. The maximum absolute atomic E-state index is 5.81. The standard InChI is InChI=1S/C13H19ClN2/c1-2-11-5-4-8-16(10-11)13-7-3-6-12(9-14)15-13/h3,6-7,11H,2,4-5,8-10H2,1H3. The highest BCUT2D eigenvalue weighted by Gasteiger charge is 2.19. The van der Waals surface area contributed by atoms with Crippen LogP contribution in [0.1, 0.15) is 31.9 Å². The molecule has 2 heterocycles. The van der Waals surface area contributed by atoms with Gasteiger partial charge in [0.2, 0.25) is 0 Å². The quantitative estimate of drug-likeness (QED) is 0.750. The van der Waals surface area contributed by atoms with E-state index in [2.05, 4.69) is 28.9 Å². The van der Waals surface area contributed by atoms with E-state index >= 15 is 0 Å². The molecule has 0 aliphatic carbocycles. The lowest BCUT2D eigenvalue weighted by atomic mass is 9.96. The molecule has 0 saturated carbocycles. The number of hydrogen-bond donors (Lipinski definition) is 0. The van der Waals surface area contributed by atoms with E-state index < -0.39 is 0 Å². The molecule has 1 fully saturated rings. The number of hydrogen-bond acceptors (Lipinski definition) is 2. The van der Waals surface area contributed by atoms with Gasteiger partial charge in [-0.2, -0.15) is 0 Å². The van der Waals surface area contributed by atoms with Crippen molar-refractivity contribution in [3.8, 4) is 0 Å². The van der Waals surface area contributed by atoms with Crippen LogP contribution in [0.2, 0.25) is 0 Å². The first kappa shape index (κ1) is 11.7. The molecule has 0 bridgehead atoms. The van der Waals surface area contributed by atoms with Crippen LogP contribution < -0.4 is 4.90 Å². The third-order valence-electron chi connectivity index (χ3n) is 3.35. The second-order valence-corrected chi connectivity index (χ2v) is 4.75. The number of piperidine rings is 1. The molecule has 1 aliphatic heterocycles. The number of rotatable bonds is 3. The van der Waals surface area contributed by atoms with Crippen molar-refractivity contribution in [2.75, 3.05) is 18.0 Å². The van der Waals surface area contributed by atoms with Crippen molar-refractivity contribution < 1.29 is 0 Å². The summed E-state index contributed by atoms with van der Waals surface area (Å²) < 4.78 is 0. The maximum atomic E-state index is 5.81. The van der Waals surface area contributed by atoms with Gasteiger partial charge in [-0.3, -0.25) is 0 Å². The van der Waals surface area contributed by atoms with Gasteiger partial charge in [-0.05, 0) is 30.9 Å². The Balaban J connectivity index is 2.10. The molecule has 16 heavy (non-hydrogen) atoms. The van der Waals surface area contributed by atoms with Crippen LogP contribution >= 0.6 is 11.6 Å². The number of halogens is 1. The molecule has 2 nitrogen and oxygen atoms in total. The highest BCUT2D eigenvalue weighted by atomic mass is 35.5. The Hall–Kier alpha value is -0.760. The molecule has 1 aromatic rings. The van der Waals surface area contributed by atoms with Crippen molar-refractivity contribution in [1.29, 1.82) is 0 Å². The van der Waals surface area contributed by atoms with Crippen LogP contribution in [-0.4, -0.2) is 18.1 Å². The normalized spacial score (nSPS) is 21.1. The average molecular weight is 239 g/mol. The van der Waals surface area contributed by atoms with Crippen LogP contribution in [0.4, 0.5) is 5.82 Å². The van der Waals surface area contributed by atoms with Crippen LogP contribution in [0.5, 0.6) is 0 Å². The summed E-state index contributed by atoms with van der Waals surface area (Å²) in [6.07, 6.45) is 3.92. The molecule has 3 heteroatoms. The predicted molar refractivity (Wildman–Crippen MR) is 69.0 cm³/mol. The molecular formula is C13H19ClN2. The summed E-state index contributed by atoms with van der Waals surface area (Å²) >= 11 is 5.81. The Morgan fingerprint density at radius 3 is 3.12 bits per heavy atom. The third kappa shape index (κ3) is 2.67. The van der Waals surface area contributed by atoms with Crippen molar-refractivity contribution in [3.63, 3.8) is 0 Å². The fourth-order valence-corrected chi connectivity index (χ4v) is 2.47. The maximum Gasteiger partial charge on any atom is 0.128 e. The van der Waals surface area contributed by atoms with Gasteiger partial charge in [0.05, 0.1) is 11.6 Å². The highest BCUT2D eigenvalue weighted by Crippen LogP contribution is 2.23. The minimum Gasteiger partial charge on any atom is -0.356 e. The molecule has 1 aliphatic rings. The minimum absolute atomic E-state index is 0.499. The molecule has 0 spiro atoms. The summed E-state index contributed by atoms with van der Waals surface area (Å²) in [5, 5.41) is 0. The van der Waals surface area contributed by atoms with Crippen molar-refractivity contribution in [1.82, 2.24) is 4.98 Å². The SMILES string of the molecule is CCC1CCCN(c2cccc(CCl)n2)C1. The number of anilines is 1.